The number of carboxylic acid groups (broad SMARTS) is 2. The summed E-state index contributed by atoms with van der Waals surface area (Å²) < 4.78 is 0. The molecule has 0 bridgehead atoms. The van der Waals surface area contributed by atoms with Gasteiger partial charge in [0.1, 0.15) is 0 Å². The summed E-state index contributed by atoms with van der Waals surface area (Å²) in [5, 5.41) is 26.4. The maximum Gasteiger partial charge on any atom is 0.335 e. The zero-order valence-electron chi connectivity index (χ0n) is 15.2. The molecular formula is C19H22N4O4. The van der Waals surface area contributed by atoms with Crippen LogP contribution in [0.1, 0.15) is 33.2 Å². The highest BCUT2D eigenvalue weighted by Gasteiger charge is 2.11. The monoisotopic (exact) mass is 370 g/mol. The number of nitrogens with zero attached hydrogens (tertiary/aromatic N) is 3. The lowest BCUT2D eigenvalue weighted by molar-refractivity contribution is 0.0696. The molecule has 0 aliphatic rings. The van der Waals surface area contributed by atoms with E-state index in [1.165, 1.54) is 12.1 Å². The first-order valence-corrected chi connectivity index (χ1v) is 8.44. The van der Waals surface area contributed by atoms with Crippen LogP contribution in [0, 0.1) is 6.92 Å². The van der Waals surface area contributed by atoms with E-state index in [2.05, 4.69) is 15.1 Å². The van der Waals surface area contributed by atoms with E-state index in [9.17, 15) is 9.59 Å². The zero-order chi connectivity index (χ0) is 20.0. The number of carbonyl (C=O) groups is 2. The molecule has 8 heteroatoms. The van der Waals surface area contributed by atoms with Crippen LogP contribution in [0.3, 0.4) is 0 Å². The molecule has 142 valence electrons. The highest BCUT2D eigenvalue weighted by atomic mass is 16.4. The molecule has 2 aromatic rings. The number of aryl methyl sites for hydroxylation is 1. The minimum atomic E-state index is -1.23. The number of rotatable bonds is 8. The summed E-state index contributed by atoms with van der Waals surface area (Å²) in [6.45, 7) is 6.08. The van der Waals surface area contributed by atoms with E-state index in [4.69, 9.17) is 15.9 Å². The molecule has 0 spiro atoms. The van der Waals surface area contributed by atoms with Crippen molar-refractivity contribution in [2.45, 2.75) is 13.8 Å². The van der Waals surface area contributed by atoms with Gasteiger partial charge in [-0.2, -0.15) is 10.2 Å². The number of nitrogens with two attached hydrogens (primary N) is 1. The quantitative estimate of drug-likeness (QED) is 0.609. The summed E-state index contributed by atoms with van der Waals surface area (Å²) in [5.74, 6) is -2.45. The Morgan fingerprint density at radius 2 is 1.67 bits per heavy atom. The fraction of sp³-hybridized carbons (Fsp3) is 0.263. The van der Waals surface area contributed by atoms with Crippen LogP contribution in [0.25, 0.3) is 0 Å². The Hall–Kier alpha value is -3.26. The standard InChI is InChI=1S/C19H22N4O4/c1-3-23(7-6-20)16-4-5-17(12(2)8-16)22-21-15-10-13(18(24)25)9-14(11-15)19(26)27/h4-5,8-11H,3,6-7,20H2,1-2H3,(H,24,25)(H,26,27). The first-order chi connectivity index (χ1) is 12.8. The van der Waals surface area contributed by atoms with E-state index in [1.807, 2.05) is 32.0 Å². The third-order valence-electron chi connectivity index (χ3n) is 4.01. The van der Waals surface area contributed by atoms with Crippen molar-refractivity contribution in [1.82, 2.24) is 0 Å². The van der Waals surface area contributed by atoms with E-state index < -0.39 is 11.9 Å². The molecule has 2 aromatic carbocycles. The molecule has 27 heavy (non-hydrogen) atoms. The number of anilines is 1. The van der Waals surface area contributed by atoms with Gasteiger partial charge in [-0.05, 0) is 55.8 Å². The highest BCUT2D eigenvalue weighted by Crippen LogP contribution is 2.27. The number of aromatic carboxylic acids is 2. The maximum atomic E-state index is 11.2. The average molecular weight is 370 g/mol. The normalized spacial score (nSPS) is 10.9. The molecule has 4 N–H and O–H groups in total. The van der Waals surface area contributed by atoms with Crippen molar-refractivity contribution < 1.29 is 19.8 Å². The van der Waals surface area contributed by atoms with Crippen molar-refractivity contribution in [3.05, 3.63) is 53.1 Å². The van der Waals surface area contributed by atoms with Gasteiger partial charge in [-0.1, -0.05) is 0 Å². The van der Waals surface area contributed by atoms with Crippen LogP contribution in [-0.4, -0.2) is 41.8 Å². The second-order valence-corrected chi connectivity index (χ2v) is 5.92. The summed E-state index contributed by atoms with van der Waals surface area (Å²) in [7, 11) is 0. The summed E-state index contributed by atoms with van der Waals surface area (Å²) in [6, 6.07) is 9.35. The van der Waals surface area contributed by atoms with E-state index in [-0.39, 0.29) is 16.8 Å². The van der Waals surface area contributed by atoms with E-state index in [0.717, 1.165) is 30.4 Å². The zero-order valence-corrected chi connectivity index (χ0v) is 15.2. The fourth-order valence-electron chi connectivity index (χ4n) is 2.60. The summed E-state index contributed by atoms with van der Waals surface area (Å²) in [4.78, 5) is 24.5. The molecule has 0 radical (unpaired) electrons. The lowest BCUT2D eigenvalue weighted by Gasteiger charge is -2.22. The Morgan fingerprint density at radius 3 is 2.15 bits per heavy atom. The molecule has 2 rings (SSSR count). The molecular weight excluding hydrogens is 348 g/mol. The van der Waals surface area contributed by atoms with Crippen LogP contribution in [0.2, 0.25) is 0 Å². The molecule has 8 nitrogen and oxygen atoms in total. The van der Waals surface area contributed by atoms with Crippen molar-refractivity contribution in [2.75, 3.05) is 24.5 Å². The summed E-state index contributed by atoms with van der Waals surface area (Å²) >= 11 is 0. The average Bonchev–Trinajstić information content (AvgIpc) is 2.64. The highest BCUT2D eigenvalue weighted by molar-refractivity contribution is 5.95. The molecule has 0 saturated carbocycles. The van der Waals surface area contributed by atoms with Gasteiger partial charge in [-0.15, -0.1) is 0 Å². The smallest absolute Gasteiger partial charge is 0.335 e. The third-order valence-corrected chi connectivity index (χ3v) is 4.01. The number of carboxylic acids is 2. The number of hydrogen-bond acceptors (Lipinski definition) is 6. The first kappa shape index (κ1) is 20.1. The lowest BCUT2D eigenvalue weighted by Crippen LogP contribution is -2.28. The predicted octanol–water partition coefficient (Wildman–Crippen LogP) is 3.59. The van der Waals surface area contributed by atoms with Gasteiger partial charge in [0.2, 0.25) is 0 Å². The lowest BCUT2D eigenvalue weighted by atomic mass is 10.1. The van der Waals surface area contributed by atoms with Crippen molar-refractivity contribution >= 4 is 29.0 Å². The Kier molecular flexibility index (Phi) is 6.62. The Bertz CT molecular complexity index is 848. The second kappa shape index (κ2) is 8.91. The van der Waals surface area contributed by atoms with Crippen LogP contribution >= 0.6 is 0 Å². The molecule has 0 amide bonds. The van der Waals surface area contributed by atoms with Crippen LogP contribution in [0.4, 0.5) is 17.1 Å². The van der Waals surface area contributed by atoms with E-state index in [1.54, 1.807) is 0 Å². The van der Waals surface area contributed by atoms with Gasteiger partial charge in [0.05, 0.1) is 22.5 Å². The molecule has 0 saturated heterocycles. The predicted molar refractivity (Wildman–Crippen MR) is 103 cm³/mol. The molecule has 0 aliphatic carbocycles. The topological polar surface area (TPSA) is 129 Å². The van der Waals surface area contributed by atoms with Gasteiger partial charge in [0.15, 0.2) is 0 Å². The summed E-state index contributed by atoms with van der Waals surface area (Å²) in [6.07, 6.45) is 0. The first-order valence-electron chi connectivity index (χ1n) is 8.44. The minimum Gasteiger partial charge on any atom is -0.478 e. The molecule has 0 fully saturated rings. The minimum absolute atomic E-state index is 0.156. The third kappa shape index (κ3) is 5.11. The van der Waals surface area contributed by atoms with Gasteiger partial charge < -0.3 is 20.8 Å². The van der Waals surface area contributed by atoms with Gasteiger partial charge in [0, 0.05) is 25.3 Å². The molecule has 0 aliphatic heterocycles. The van der Waals surface area contributed by atoms with Crippen molar-refractivity contribution in [3.8, 4) is 0 Å². The molecule has 0 heterocycles. The largest absolute Gasteiger partial charge is 0.478 e. The van der Waals surface area contributed by atoms with Crippen LogP contribution in [-0.2, 0) is 0 Å². The molecule has 0 aromatic heterocycles. The van der Waals surface area contributed by atoms with Crippen LogP contribution in [0.15, 0.2) is 46.6 Å². The number of likely N-dealkylation sites (N-methyl/N-ethyl adjacent to an activating group) is 1. The molecule has 0 atom stereocenters. The van der Waals surface area contributed by atoms with Crippen LogP contribution < -0.4 is 10.6 Å². The van der Waals surface area contributed by atoms with Crippen molar-refractivity contribution in [1.29, 1.82) is 0 Å². The van der Waals surface area contributed by atoms with E-state index >= 15 is 0 Å². The fourth-order valence-corrected chi connectivity index (χ4v) is 2.60. The van der Waals surface area contributed by atoms with Gasteiger partial charge in [-0.25, -0.2) is 9.59 Å². The number of benzene rings is 2. The van der Waals surface area contributed by atoms with Crippen molar-refractivity contribution in [2.24, 2.45) is 16.0 Å². The Labute approximate surface area is 157 Å². The number of hydrogen-bond donors (Lipinski definition) is 3. The van der Waals surface area contributed by atoms with Gasteiger partial charge in [0.25, 0.3) is 0 Å². The van der Waals surface area contributed by atoms with Crippen LogP contribution in [0.5, 0.6) is 0 Å². The van der Waals surface area contributed by atoms with E-state index in [0.29, 0.717) is 12.2 Å². The van der Waals surface area contributed by atoms with Gasteiger partial charge >= 0.3 is 11.9 Å². The Morgan fingerprint density at radius 1 is 1.04 bits per heavy atom. The SMILES string of the molecule is CCN(CCN)c1ccc(N=Nc2cc(C(=O)O)cc(C(=O)O)c2)c(C)c1. The molecule has 0 unspecified atom stereocenters. The summed E-state index contributed by atoms with van der Waals surface area (Å²) in [5.41, 5.74) is 8.01. The maximum absolute atomic E-state index is 11.2. The number of azo groups is 1. The van der Waals surface area contributed by atoms with Gasteiger partial charge in [-0.3, -0.25) is 0 Å². The Balaban J connectivity index is 2.32. The van der Waals surface area contributed by atoms with Crippen molar-refractivity contribution in [3.63, 3.8) is 0 Å². The second-order valence-electron chi connectivity index (χ2n) is 5.92.